The van der Waals surface area contributed by atoms with Crippen molar-refractivity contribution in [2.45, 2.75) is 11.8 Å². The number of hydrogen-bond donors (Lipinski definition) is 1. The molecule has 9 heteroatoms. The van der Waals surface area contributed by atoms with Gasteiger partial charge in [-0.25, -0.2) is 13.1 Å². The van der Waals surface area contributed by atoms with Gasteiger partial charge in [-0.05, 0) is 42.8 Å². The lowest BCUT2D eigenvalue weighted by molar-refractivity contribution is 0.323. The van der Waals surface area contributed by atoms with Gasteiger partial charge in [-0.3, -0.25) is 4.79 Å². The zero-order valence-electron chi connectivity index (χ0n) is 14.2. The van der Waals surface area contributed by atoms with Gasteiger partial charge in [0.1, 0.15) is 12.4 Å². The van der Waals surface area contributed by atoms with Gasteiger partial charge in [-0.15, -0.1) is 0 Å². The van der Waals surface area contributed by atoms with E-state index >= 15 is 0 Å². The van der Waals surface area contributed by atoms with Crippen LogP contribution in [0.2, 0.25) is 5.02 Å². The van der Waals surface area contributed by atoms with Crippen molar-refractivity contribution in [3.05, 3.63) is 56.7 Å². The van der Waals surface area contributed by atoms with Crippen LogP contribution in [-0.4, -0.2) is 26.1 Å². The Bertz CT molecular complexity index is 1120. The Hall–Kier alpha value is -1.87. The fourth-order valence-electron chi connectivity index (χ4n) is 2.37. The maximum absolute atomic E-state index is 12.4. The lowest BCUT2D eigenvalue weighted by atomic mass is 10.2. The van der Waals surface area contributed by atoms with E-state index in [1.165, 1.54) is 16.7 Å². The third kappa shape index (κ3) is 3.93. The van der Waals surface area contributed by atoms with Gasteiger partial charge >= 0.3 is 4.87 Å². The number of aromatic nitrogens is 1. The molecule has 0 spiro atoms. The van der Waals surface area contributed by atoms with Crippen molar-refractivity contribution in [2.75, 3.05) is 13.2 Å². The molecule has 1 heterocycles. The standard InChI is InChI=1S/C17H17ClN2O4S2/c1-11-3-4-12(9-14(11)18)24-8-7-19-26(22,23)13-5-6-15-16(10-13)25-17(21)20(15)2/h3-6,9-10,19H,7-8H2,1-2H3. The molecule has 0 radical (unpaired) electrons. The number of hydrogen-bond acceptors (Lipinski definition) is 5. The number of fused-ring (bicyclic) bond motifs is 1. The van der Waals surface area contributed by atoms with E-state index in [9.17, 15) is 13.2 Å². The van der Waals surface area contributed by atoms with Crippen LogP contribution >= 0.6 is 22.9 Å². The van der Waals surface area contributed by atoms with Crippen molar-refractivity contribution >= 4 is 43.2 Å². The highest BCUT2D eigenvalue weighted by atomic mass is 35.5. The van der Waals surface area contributed by atoms with Gasteiger partial charge in [0.25, 0.3) is 0 Å². The number of nitrogens with zero attached hydrogens (tertiary/aromatic N) is 1. The van der Waals surface area contributed by atoms with E-state index in [4.69, 9.17) is 16.3 Å². The molecule has 0 saturated carbocycles. The Labute approximate surface area is 160 Å². The monoisotopic (exact) mass is 412 g/mol. The maximum Gasteiger partial charge on any atom is 0.307 e. The third-order valence-electron chi connectivity index (χ3n) is 3.88. The van der Waals surface area contributed by atoms with Crippen LogP contribution in [0, 0.1) is 6.92 Å². The highest BCUT2D eigenvalue weighted by Gasteiger charge is 2.15. The summed E-state index contributed by atoms with van der Waals surface area (Å²) in [7, 11) is -2.03. The zero-order chi connectivity index (χ0) is 18.9. The Kier molecular flexibility index (Phi) is 5.38. The highest BCUT2D eigenvalue weighted by molar-refractivity contribution is 7.89. The molecule has 1 N–H and O–H groups in total. The summed E-state index contributed by atoms with van der Waals surface area (Å²) < 4.78 is 34.9. The van der Waals surface area contributed by atoms with E-state index in [-0.39, 0.29) is 22.9 Å². The van der Waals surface area contributed by atoms with Crippen LogP contribution in [0.15, 0.2) is 46.1 Å². The second kappa shape index (κ2) is 7.40. The van der Waals surface area contributed by atoms with Gasteiger partial charge < -0.3 is 9.30 Å². The minimum atomic E-state index is -3.69. The minimum Gasteiger partial charge on any atom is -0.492 e. The molecule has 6 nitrogen and oxygen atoms in total. The van der Waals surface area contributed by atoms with Crippen LogP contribution in [0.5, 0.6) is 5.75 Å². The van der Waals surface area contributed by atoms with Gasteiger partial charge in [-0.2, -0.15) is 0 Å². The van der Waals surface area contributed by atoms with E-state index in [0.29, 0.717) is 21.0 Å². The number of ether oxygens (including phenoxy) is 1. The van der Waals surface area contributed by atoms with E-state index in [1.54, 1.807) is 25.2 Å². The first-order valence-electron chi connectivity index (χ1n) is 7.76. The van der Waals surface area contributed by atoms with Crippen molar-refractivity contribution in [3.63, 3.8) is 0 Å². The highest BCUT2D eigenvalue weighted by Crippen LogP contribution is 2.22. The van der Waals surface area contributed by atoms with Crippen molar-refractivity contribution < 1.29 is 13.2 Å². The van der Waals surface area contributed by atoms with Gasteiger partial charge in [-0.1, -0.05) is 29.0 Å². The number of sulfonamides is 1. The van der Waals surface area contributed by atoms with E-state index in [1.807, 2.05) is 13.0 Å². The predicted molar refractivity (Wildman–Crippen MR) is 104 cm³/mol. The molecule has 0 bridgehead atoms. The molecule has 3 rings (SSSR count). The topological polar surface area (TPSA) is 77.4 Å². The number of halogens is 1. The maximum atomic E-state index is 12.4. The SMILES string of the molecule is Cc1ccc(OCCNS(=O)(=O)c2ccc3c(c2)sc(=O)n3C)cc1Cl. The fraction of sp³-hybridized carbons (Fsp3) is 0.235. The average Bonchev–Trinajstić information content (AvgIpc) is 2.89. The van der Waals surface area contributed by atoms with Crippen molar-refractivity contribution in [3.8, 4) is 5.75 Å². The summed E-state index contributed by atoms with van der Waals surface area (Å²) in [5, 5.41) is 0.596. The van der Waals surface area contributed by atoms with Crippen LogP contribution in [0.25, 0.3) is 10.2 Å². The van der Waals surface area contributed by atoms with Crippen LogP contribution in [0.4, 0.5) is 0 Å². The summed E-state index contributed by atoms with van der Waals surface area (Å²) in [6.07, 6.45) is 0. The molecular weight excluding hydrogens is 396 g/mol. The summed E-state index contributed by atoms with van der Waals surface area (Å²) in [5.74, 6) is 0.579. The van der Waals surface area contributed by atoms with Gasteiger partial charge in [0.2, 0.25) is 10.0 Å². The zero-order valence-corrected chi connectivity index (χ0v) is 16.5. The van der Waals surface area contributed by atoms with Crippen molar-refractivity contribution in [2.24, 2.45) is 7.05 Å². The van der Waals surface area contributed by atoms with E-state index in [2.05, 4.69) is 4.72 Å². The molecule has 0 amide bonds. The molecule has 0 aliphatic heterocycles. The molecule has 1 aromatic heterocycles. The number of thiazole rings is 1. The molecule has 26 heavy (non-hydrogen) atoms. The molecule has 0 atom stereocenters. The third-order valence-corrected chi connectivity index (χ3v) is 6.74. The van der Waals surface area contributed by atoms with Gasteiger partial charge in [0.05, 0.1) is 15.1 Å². The molecule has 0 aliphatic carbocycles. The number of benzene rings is 2. The number of nitrogens with one attached hydrogen (secondary N) is 1. The summed E-state index contributed by atoms with van der Waals surface area (Å²) in [6.45, 7) is 2.16. The quantitative estimate of drug-likeness (QED) is 0.631. The number of rotatable bonds is 6. The molecule has 3 aromatic rings. The van der Waals surface area contributed by atoms with Crippen LogP contribution in [-0.2, 0) is 17.1 Å². The summed E-state index contributed by atoms with van der Waals surface area (Å²) >= 11 is 7.04. The smallest absolute Gasteiger partial charge is 0.307 e. The predicted octanol–water partition coefficient (Wildman–Crippen LogP) is 2.92. The molecule has 2 aromatic carbocycles. The van der Waals surface area contributed by atoms with Crippen LogP contribution in [0.1, 0.15) is 5.56 Å². The van der Waals surface area contributed by atoms with Gasteiger partial charge in [0.15, 0.2) is 0 Å². The molecule has 0 unspecified atom stereocenters. The number of aryl methyl sites for hydroxylation is 2. The van der Waals surface area contributed by atoms with Crippen molar-refractivity contribution in [1.29, 1.82) is 0 Å². The van der Waals surface area contributed by atoms with Crippen molar-refractivity contribution in [1.82, 2.24) is 9.29 Å². The molecule has 138 valence electrons. The first-order valence-corrected chi connectivity index (χ1v) is 10.4. The fourth-order valence-corrected chi connectivity index (χ4v) is 4.58. The van der Waals surface area contributed by atoms with Crippen LogP contribution < -0.4 is 14.3 Å². The first kappa shape index (κ1) is 18.9. The molecule has 0 fully saturated rings. The second-order valence-corrected chi connectivity index (χ2v) is 8.88. The summed E-state index contributed by atoms with van der Waals surface area (Å²) in [4.78, 5) is 11.7. The average molecular weight is 413 g/mol. The first-order chi connectivity index (χ1) is 12.3. The van der Waals surface area contributed by atoms with E-state index in [0.717, 1.165) is 16.9 Å². The Balaban J connectivity index is 1.65. The summed E-state index contributed by atoms with van der Waals surface area (Å²) in [5.41, 5.74) is 1.65. The second-order valence-electron chi connectivity index (χ2n) is 5.71. The lowest BCUT2D eigenvalue weighted by Gasteiger charge is -2.09. The largest absolute Gasteiger partial charge is 0.492 e. The molecular formula is C17H17ClN2O4S2. The van der Waals surface area contributed by atoms with Crippen LogP contribution in [0.3, 0.4) is 0 Å². The molecule has 0 aliphatic rings. The Morgan fingerprint density at radius 3 is 2.73 bits per heavy atom. The normalized spacial score (nSPS) is 11.8. The minimum absolute atomic E-state index is 0.108. The van der Waals surface area contributed by atoms with Gasteiger partial charge in [0, 0.05) is 18.6 Å². The Morgan fingerprint density at radius 1 is 1.23 bits per heavy atom. The Morgan fingerprint density at radius 2 is 2.00 bits per heavy atom. The lowest BCUT2D eigenvalue weighted by Crippen LogP contribution is -2.28. The summed E-state index contributed by atoms with van der Waals surface area (Å²) in [6, 6.07) is 9.92. The van der Waals surface area contributed by atoms with E-state index < -0.39 is 10.0 Å². The molecule has 0 saturated heterocycles.